The van der Waals surface area contributed by atoms with Gasteiger partial charge in [-0.05, 0) is 42.9 Å². The summed E-state index contributed by atoms with van der Waals surface area (Å²) in [4.78, 5) is 0. The van der Waals surface area contributed by atoms with Gasteiger partial charge in [-0.2, -0.15) is 3.71 Å². The van der Waals surface area contributed by atoms with Crippen molar-refractivity contribution < 1.29 is 19.7 Å². The van der Waals surface area contributed by atoms with Crippen LogP contribution in [-0.4, -0.2) is 71.9 Å². The molecule has 0 rings (SSSR count). The maximum absolute atomic E-state index is 9.78. The third-order valence-electron chi connectivity index (χ3n) is 3.02. The molecule has 0 aliphatic rings. The molecule has 0 fully saturated rings. The van der Waals surface area contributed by atoms with Crippen molar-refractivity contribution in [1.29, 1.82) is 0 Å². The molecule has 0 amide bonds. The molecular formula is C13H30N2O4S4. The first kappa shape index (κ1) is 24.2. The van der Waals surface area contributed by atoms with Crippen LogP contribution in [0.2, 0.25) is 0 Å². The van der Waals surface area contributed by atoms with Gasteiger partial charge in [0.2, 0.25) is 0 Å². The first-order valence-electron chi connectivity index (χ1n) is 7.67. The largest absolute Gasteiger partial charge is 0.388 e. The predicted octanol–water partition coefficient (Wildman–Crippen LogP) is 1.81. The van der Waals surface area contributed by atoms with Crippen LogP contribution in [0.3, 0.4) is 0 Å². The van der Waals surface area contributed by atoms with Crippen LogP contribution in [0.1, 0.15) is 25.7 Å². The van der Waals surface area contributed by atoms with Gasteiger partial charge in [0.25, 0.3) is 0 Å². The van der Waals surface area contributed by atoms with Crippen LogP contribution in [-0.2, 0) is 9.47 Å². The monoisotopic (exact) mass is 406 g/mol. The van der Waals surface area contributed by atoms with E-state index in [1.165, 1.54) is 11.0 Å². The first-order valence-corrected chi connectivity index (χ1v) is 11.1. The summed E-state index contributed by atoms with van der Waals surface area (Å²) in [5, 5.41) is 19.5. The topological polar surface area (TPSA) is 74.2 Å². The van der Waals surface area contributed by atoms with Gasteiger partial charge in [-0.3, -0.25) is 4.72 Å². The summed E-state index contributed by atoms with van der Waals surface area (Å²) in [6.45, 7) is 3.14. The Balaban J connectivity index is 3.45. The number of nitrogens with zero attached hydrogens (tertiary/aromatic N) is 1. The van der Waals surface area contributed by atoms with Gasteiger partial charge in [0, 0.05) is 26.3 Å². The fraction of sp³-hybridized carbons (Fsp3) is 1.00. The van der Waals surface area contributed by atoms with E-state index in [1.54, 1.807) is 11.9 Å². The minimum Gasteiger partial charge on any atom is -0.388 e. The summed E-state index contributed by atoms with van der Waals surface area (Å²) in [6.07, 6.45) is 3.95. The molecule has 0 bridgehead atoms. The molecule has 0 aromatic carbocycles. The maximum atomic E-state index is 9.78. The van der Waals surface area contributed by atoms with Gasteiger partial charge in [0.05, 0.1) is 13.2 Å². The fourth-order valence-electron chi connectivity index (χ4n) is 1.65. The highest BCUT2D eigenvalue weighted by Crippen LogP contribution is 2.22. The van der Waals surface area contributed by atoms with E-state index < -0.39 is 12.2 Å². The summed E-state index contributed by atoms with van der Waals surface area (Å²) in [5.74, 6) is 0. The molecule has 0 radical (unpaired) electrons. The average Bonchev–Trinajstić information content (AvgIpc) is 2.57. The van der Waals surface area contributed by atoms with Gasteiger partial charge < -0.3 is 19.7 Å². The van der Waals surface area contributed by atoms with E-state index >= 15 is 0 Å². The normalized spacial score (nSPS) is 14.3. The lowest BCUT2D eigenvalue weighted by atomic mass is 10.2. The third kappa shape index (κ3) is 15.2. The van der Waals surface area contributed by atoms with E-state index in [4.69, 9.17) is 9.47 Å². The SMILES string of the molecule is CSN(CCCCOCC(O)C(O)COCCCCNS)SS. The molecule has 0 aromatic heterocycles. The first-order chi connectivity index (χ1) is 11.2. The van der Waals surface area contributed by atoms with Crippen LogP contribution >= 0.6 is 47.4 Å². The number of rotatable bonds is 17. The van der Waals surface area contributed by atoms with Gasteiger partial charge in [-0.15, -0.1) is 0 Å². The molecule has 2 atom stereocenters. The van der Waals surface area contributed by atoms with Crippen molar-refractivity contribution in [3.8, 4) is 0 Å². The van der Waals surface area contributed by atoms with Crippen molar-refractivity contribution in [2.24, 2.45) is 0 Å². The zero-order valence-corrected chi connectivity index (χ0v) is 17.0. The molecule has 6 nitrogen and oxygen atoms in total. The highest BCUT2D eigenvalue weighted by molar-refractivity contribution is 8.69. The third-order valence-corrected chi connectivity index (χ3v) is 5.79. The second kappa shape index (κ2) is 18.0. The Labute approximate surface area is 159 Å². The lowest BCUT2D eigenvalue weighted by Crippen LogP contribution is -2.34. The second-order valence-electron chi connectivity index (χ2n) is 4.93. The van der Waals surface area contributed by atoms with E-state index in [1.807, 2.05) is 6.26 Å². The number of aliphatic hydroxyl groups is 2. The second-order valence-corrected chi connectivity index (χ2v) is 7.37. The Morgan fingerprint density at radius 2 is 1.61 bits per heavy atom. The number of ether oxygens (including phenoxy) is 2. The summed E-state index contributed by atoms with van der Waals surface area (Å²) in [6, 6.07) is 0. The van der Waals surface area contributed by atoms with Gasteiger partial charge in [0.1, 0.15) is 12.2 Å². The molecule has 0 spiro atoms. The summed E-state index contributed by atoms with van der Waals surface area (Å²) in [7, 11) is 1.41. The van der Waals surface area contributed by atoms with Crippen molar-refractivity contribution in [3.63, 3.8) is 0 Å². The summed E-state index contributed by atoms with van der Waals surface area (Å²) >= 11 is 9.69. The Bertz CT molecular complexity index is 254. The highest BCUT2D eigenvalue weighted by atomic mass is 33.1. The molecular weight excluding hydrogens is 376 g/mol. The summed E-state index contributed by atoms with van der Waals surface area (Å²) < 4.78 is 15.5. The minimum atomic E-state index is -0.912. The Kier molecular flexibility index (Phi) is 18.9. The molecule has 0 aromatic rings. The van der Waals surface area contributed by atoms with Gasteiger partial charge >= 0.3 is 0 Å². The average molecular weight is 407 g/mol. The molecule has 3 N–H and O–H groups in total. The van der Waals surface area contributed by atoms with E-state index in [9.17, 15) is 10.2 Å². The van der Waals surface area contributed by atoms with Crippen LogP contribution in [0.5, 0.6) is 0 Å². The summed E-state index contributed by atoms with van der Waals surface area (Å²) in [5.41, 5.74) is 0. The molecule has 0 saturated heterocycles. The number of unbranched alkanes of at least 4 members (excludes halogenated alkanes) is 2. The molecule has 0 aliphatic heterocycles. The lowest BCUT2D eigenvalue weighted by molar-refractivity contribution is -0.0710. The number of hydrogen-bond acceptors (Lipinski definition) is 10. The zero-order valence-electron chi connectivity index (χ0n) is 13.6. The van der Waals surface area contributed by atoms with E-state index in [2.05, 4.69) is 32.9 Å². The van der Waals surface area contributed by atoms with Crippen molar-refractivity contribution in [2.75, 3.05) is 45.8 Å². The van der Waals surface area contributed by atoms with Crippen LogP contribution in [0, 0.1) is 0 Å². The predicted molar refractivity (Wildman–Crippen MR) is 106 cm³/mol. The molecule has 140 valence electrons. The van der Waals surface area contributed by atoms with Crippen LogP contribution in [0.25, 0.3) is 0 Å². The molecule has 0 aliphatic carbocycles. The number of thiol groups is 2. The smallest absolute Gasteiger partial charge is 0.105 e. The minimum absolute atomic E-state index is 0.126. The van der Waals surface area contributed by atoms with E-state index in [0.717, 1.165) is 38.8 Å². The van der Waals surface area contributed by atoms with Crippen LogP contribution in [0.4, 0.5) is 0 Å². The quantitative estimate of drug-likeness (QED) is 0.108. The Hall–Kier alpha value is 1.16. The fourth-order valence-corrected chi connectivity index (χ4v) is 3.44. The van der Waals surface area contributed by atoms with Crippen molar-refractivity contribution in [3.05, 3.63) is 0 Å². The van der Waals surface area contributed by atoms with Crippen molar-refractivity contribution in [1.82, 2.24) is 8.43 Å². The van der Waals surface area contributed by atoms with E-state index in [0.29, 0.717) is 13.2 Å². The maximum Gasteiger partial charge on any atom is 0.105 e. The van der Waals surface area contributed by atoms with Crippen LogP contribution < -0.4 is 4.72 Å². The molecule has 0 saturated carbocycles. The van der Waals surface area contributed by atoms with Crippen molar-refractivity contribution >= 4 is 47.4 Å². The molecule has 2 unspecified atom stereocenters. The number of hydrogen-bond donors (Lipinski definition) is 5. The molecule has 10 heteroatoms. The Morgan fingerprint density at radius 3 is 2.09 bits per heavy atom. The molecule has 0 heterocycles. The van der Waals surface area contributed by atoms with Gasteiger partial charge in [-0.25, -0.2) is 0 Å². The highest BCUT2D eigenvalue weighted by Gasteiger charge is 2.16. The van der Waals surface area contributed by atoms with Crippen molar-refractivity contribution in [2.45, 2.75) is 37.9 Å². The molecule has 23 heavy (non-hydrogen) atoms. The number of nitrogens with one attached hydrogen (secondary N) is 1. The zero-order chi connectivity index (χ0) is 17.3. The van der Waals surface area contributed by atoms with Gasteiger partial charge in [0.15, 0.2) is 0 Å². The van der Waals surface area contributed by atoms with Gasteiger partial charge in [-0.1, -0.05) is 36.4 Å². The van der Waals surface area contributed by atoms with Crippen LogP contribution in [0.15, 0.2) is 0 Å². The number of aliphatic hydroxyl groups excluding tert-OH is 2. The van der Waals surface area contributed by atoms with E-state index in [-0.39, 0.29) is 13.2 Å². The lowest BCUT2D eigenvalue weighted by Gasteiger charge is -2.18. The standard InChI is InChI=1S/C13H30N2O4S4/c1-22-15(23-21)7-3-5-9-19-11-13(17)12(16)10-18-8-4-2-6-14-20/h12-14,16-17,20-21H,2-11H2,1H3. The Morgan fingerprint density at radius 1 is 1.04 bits per heavy atom.